The molecule has 0 aromatic heterocycles. The van der Waals surface area contributed by atoms with Crippen molar-refractivity contribution in [3.8, 4) is 5.75 Å². The Kier molecular flexibility index (Phi) is 18.6. The topological polar surface area (TPSA) is 215 Å². The van der Waals surface area contributed by atoms with Crippen LogP contribution in [0.2, 0.25) is 0 Å². The number of ether oxygens (including phenoxy) is 1. The predicted molar refractivity (Wildman–Crippen MR) is 143 cm³/mol. The second-order valence-electron chi connectivity index (χ2n) is 8.45. The molecule has 0 fully saturated rings. The molecule has 0 heterocycles. The molecule has 0 saturated carbocycles. The van der Waals surface area contributed by atoms with Crippen molar-refractivity contribution in [2.75, 3.05) is 39.5 Å². The van der Waals surface area contributed by atoms with Gasteiger partial charge in [0.1, 0.15) is 49.0 Å². The van der Waals surface area contributed by atoms with Gasteiger partial charge < -0.3 is 55.8 Å². The fourth-order valence-electron chi connectivity index (χ4n) is 3.41. The Hall–Kier alpha value is -0.430. The van der Waals surface area contributed by atoms with Gasteiger partial charge in [-0.3, -0.25) is 4.90 Å². The molecule has 0 spiro atoms. The number of hydrogen-bond acceptors (Lipinski definition) is 14. The SMILES string of the molecule is Cl.OC[C@@H](O)[C@H](O)[C@H](O)[C@@H](O)CN(CCOc1ccc(CS)c(CS)c1)C[C@H](O)[C@@H](O)[C@@H](O)[C@H](O)CO. The second kappa shape index (κ2) is 18.8. The number of benzene rings is 1. The molecule has 0 saturated heterocycles. The summed E-state index contributed by atoms with van der Waals surface area (Å²) in [5.41, 5.74) is 1.91. The highest BCUT2D eigenvalue weighted by Gasteiger charge is 2.34. The van der Waals surface area contributed by atoms with E-state index >= 15 is 0 Å². The van der Waals surface area contributed by atoms with Crippen LogP contribution in [-0.2, 0) is 11.5 Å². The molecule has 12 nitrogen and oxygen atoms in total. The third-order valence-corrected chi connectivity index (χ3v) is 6.42. The number of aliphatic hydroxyl groups is 10. The molecule has 0 aliphatic carbocycles. The summed E-state index contributed by atoms with van der Waals surface area (Å²) in [6.07, 6.45) is -14.1. The molecule has 37 heavy (non-hydrogen) atoms. The summed E-state index contributed by atoms with van der Waals surface area (Å²) in [5, 5.41) is 97.7. The molecule has 10 N–H and O–H groups in total. The lowest BCUT2D eigenvalue weighted by molar-refractivity contribution is -0.130. The number of nitrogens with zero attached hydrogens (tertiary/aromatic N) is 1. The molecule has 0 bridgehead atoms. The maximum Gasteiger partial charge on any atom is 0.119 e. The van der Waals surface area contributed by atoms with E-state index in [2.05, 4.69) is 25.3 Å². The Morgan fingerprint density at radius 3 is 1.51 bits per heavy atom. The number of halogens is 1. The molecule has 1 rings (SSSR count). The molecule has 1 aromatic carbocycles. The van der Waals surface area contributed by atoms with Crippen molar-refractivity contribution >= 4 is 37.7 Å². The van der Waals surface area contributed by atoms with Crippen molar-refractivity contribution in [1.82, 2.24) is 4.90 Å². The van der Waals surface area contributed by atoms with Crippen LogP contribution in [0.4, 0.5) is 0 Å². The molecule has 0 aliphatic rings. The van der Waals surface area contributed by atoms with Gasteiger partial charge in [0.05, 0.1) is 25.4 Å². The number of aliphatic hydroxyl groups excluding tert-OH is 10. The van der Waals surface area contributed by atoms with Gasteiger partial charge in [-0.15, -0.1) is 12.4 Å². The Bertz CT molecular complexity index is 727. The molecule has 0 unspecified atom stereocenters. The highest BCUT2D eigenvalue weighted by Crippen LogP contribution is 2.21. The van der Waals surface area contributed by atoms with Crippen LogP contribution < -0.4 is 4.74 Å². The standard InChI is InChI=1S/C22H39NO11S2.ClH/c24-8-17(28)21(32)19(30)15(26)6-23(7-16(27)20(31)22(33)18(29)9-25)3-4-34-14-2-1-12(10-35)13(5-14)11-36;/h1-2,5,15-22,24-33,35-36H,3-4,6-11H2;1H/t15-,16-,17+,18+,19+,20+,21-,22-;/m0./s1. The summed E-state index contributed by atoms with van der Waals surface area (Å²) in [5.74, 6) is 1.52. The van der Waals surface area contributed by atoms with Gasteiger partial charge in [-0.05, 0) is 23.3 Å². The summed E-state index contributed by atoms with van der Waals surface area (Å²) in [6.45, 7) is -2.38. The van der Waals surface area contributed by atoms with Gasteiger partial charge in [0.25, 0.3) is 0 Å². The average Bonchev–Trinajstić information content (AvgIpc) is 2.89. The maximum absolute atomic E-state index is 10.4. The molecule has 0 aliphatic heterocycles. The van der Waals surface area contributed by atoms with Crippen molar-refractivity contribution in [2.24, 2.45) is 0 Å². The van der Waals surface area contributed by atoms with Crippen LogP contribution in [0.25, 0.3) is 0 Å². The highest BCUT2D eigenvalue weighted by atomic mass is 35.5. The minimum absolute atomic E-state index is 0. The number of thiol groups is 2. The first-order chi connectivity index (χ1) is 17.0. The Labute approximate surface area is 233 Å². The van der Waals surface area contributed by atoms with Gasteiger partial charge in [0, 0.05) is 31.1 Å². The van der Waals surface area contributed by atoms with Crippen LogP contribution >= 0.6 is 37.7 Å². The minimum atomic E-state index is -1.86. The quantitative estimate of drug-likeness (QED) is 0.0748. The van der Waals surface area contributed by atoms with E-state index < -0.39 is 62.0 Å². The van der Waals surface area contributed by atoms with E-state index in [9.17, 15) is 40.9 Å². The highest BCUT2D eigenvalue weighted by molar-refractivity contribution is 7.79. The summed E-state index contributed by atoms with van der Waals surface area (Å²) in [4.78, 5) is 1.36. The van der Waals surface area contributed by atoms with Crippen molar-refractivity contribution in [1.29, 1.82) is 0 Å². The number of hydrogen-bond donors (Lipinski definition) is 12. The van der Waals surface area contributed by atoms with Crippen LogP contribution in [-0.4, -0.2) is 144 Å². The van der Waals surface area contributed by atoms with Crippen molar-refractivity contribution in [3.05, 3.63) is 29.3 Å². The summed E-state index contributed by atoms with van der Waals surface area (Å²) in [6, 6.07) is 5.37. The Balaban J connectivity index is 0.0000130. The van der Waals surface area contributed by atoms with Crippen molar-refractivity contribution in [3.63, 3.8) is 0 Å². The van der Waals surface area contributed by atoms with Crippen LogP contribution in [0, 0.1) is 0 Å². The minimum Gasteiger partial charge on any atom is -0.492 e. The van der Waals surface area contributed by atoms with Crippen LogP contribution in [0.3, 0.4) is 0 Å². The smallest absolute Gasteiger partial charge is 0.119 e. The van der Waals surface area contributed by atoms with E-state index in [0.29, 0.717) is 17.3 Å². The summed E-state index contributed by atoms with van der Waals surface area (Å²) >= 11 is 8.55. The lowest BCUT2D eigenvalue weighted by atomic mass is 10.0. The first-order valence-corrected chi connectivity index (χ1v) is 12.6. The fraction of sp³-hybridized carbons (Fsp3) is 0.727. The third-order valence-electron chi connectivity index (χ3n) is 5.74. The molecular formula is C22H40ClNO11S2. The van der Waals surface area contributed by atoms with Crippen LogP contribution in [0.1, 0.15) is 11.1 Å². The lowest BCUT2D eigenvalue weighted by Crippen LogP contribution is -2.53. The number of rotatable bonds is 18. The first-order valence-electron chi connectivity index (χ1n) is 11.4. The van der Waals surface area contributed by atoms with Gasteiger partial charge in [-0.2, -0.15) is 25.3 Å². The summed E-state index contributed by atoms with van der Waals surface area (Å²) in [7, 11) is 0. The maximum atomic E-state index is 10.4. The van der Waals surface area contributed by atoms with E-state index in [0.717, 1.165) is 11.1 Å². The first kappa shape index (κ1) is 36.6. The Morgan fingerprint density at radius 2 is 1.11 bits per heavy atom. The van der Waals surface area contributed by atoms with E-state index in [1.165, 1.54) is 4.90 Å². The third kappa shape index (κ3) is 11.7. The Morgan fingerprint density at radius 1 is 0.676 bits per heavy atom. The monoisotopic (exact) mass is 593 g/mol. The predicted octanol–water partition coefficient (Wildman–Crippen LogP) is -3.48. The zero-order chi connectivity index (χ0) is 27.4. The lowest BCUT2D eigenvalue weighted by Gasteiger charge is -2.33. The molecule has 0 amide bonds. The van der Waals surface area contributed by atoms with Gasteiger partial charge >= 0.3 is 0 Å². The van der Waals surface area contributed by atoms with Gasteiger partial charge in [0.15, 0.2) is 0 Å². The largest absolute Gasteiger partial charge is 0.492 e. The normalized spacial score (nSPS) is 18.3. The fourth-order valence-corrected chi connectivity index (χ4v) is 4.02. The van der Waals surface area contributed by atoms with E-state index in [1.807, 2.05) is 6.07 Å². The van der Waals surface area contributed by atoms with Gasteiger partial charge in [-0.25, -0.2) is 0 Å². The molecule has 8 atom stereocenters. The van der Waals surface area contributed by atoms with Gasteiger partial charge in [-0.1, -0.05) is 6.07 Å². The van der Waals surface area contributed by atoms with Gasteiger partial charge in [0.2, 0.25) is 0 Å². The molecule has 218 valence electrons. The molecule has 1 aromatic rings. The zero-order valence-electron chi connectivity index (χ0n) is 20.1. The van der Waals surface area contributed by atoms with E-state index in [-0.39, 0.29) is 38.6 Å². The molecule has 15 heteroatoms. The van der Waals surface area contributed by atoms with E-state index in [4.69, 9.17) is 14.9 Å². The van der Waals surface area contributed by atoms with Crippen LogP contribution in [0.5, 0.6) is 5.75 Å². The van der Waals surface area contributed by atoms with Crippen LogP contribution in [0.15, 0.2) is 18.2 Å². The van der Waals surface area contributed by atoms with Crippen molar-refractivity contribution < 1.29 is 55.8 Å². The molecular weight excluding hydrogens is 554 g/mol. The average molecular weight is 594 g/mol. The van der Waals surface area contributed by atoms with E-state index in [1.54, 1.807) is 12.1 Å². The zero-order valence-corrected chi connectivity index (χ0v) is 22.7. The second-order valence-corrected chi connectivity index (χ2v) is 9.08. The summed E-state index contributed by atoms with van der Waals surface area (Å²) < 4.78 is 5.74. The molecule has 0 radical (unpaired) electrons. The van der Waals surface area contributed by atoms with Crippen molar-refractivity contribution in [2.45, 2.75) is 60.3 Å².